The van der Waals surface area contributed by atoms with Crippen LogP contribution >= 0.6 is 11.6 Å². The number of aryl methyl sites for hydroxylation is 1. The Morgan fingerprint density at radius 3 is 2.40 bits per heavy atom. The third kappa shape index (κ3) is 3.73. The summed E-state index contributed by atoms with van der Waals surface area (Å²) in [7, 11) is 1.52. The van der Waals surface area contributed by atoms with E-state index in [9.17, 15) is 13.2 Å². The Hall–Kier alpha value is -3.06. The van der Waals surface area contributed by atoms with Crippen molar-refractivity contribution in [3.63, 3.8) is 0 Å². The van der Waals surface area contributed by atoms with Crippen molar-refractivity contribution in [2.75, 3.05) is 7.11 Å². The quantitative estimate of drug-likeness (QED) is 0.390. The zero-order chi connectivity index (χ0) is 21.5. The van der Waals surface area contributed by atoms with Gasteiger partial charge in [0.1, 0.15) is 5.75 Å². The minimum atomic E-state index is -4.55. The van der Waals surface area contributed by atoms with E-state index < -0.39 is 11.7 Å². The van der Waals surface area contributed by atoms with Gasteiger partial charge in [0.15, 0.2) is 5.65 Å². The highest BCUT2D eigenvalue weighted by Crippen LogP contribution is 2.38. The molecule has 0 radical (unpaired) electrons. The Balaban J connectivity index is 1.93. The fourth-order valence-electron chi connectivity index (χ4n) is 3.38. The molecular formula is C22H17ClF3N3O. The number of aromatic nitrogens is 3. The topological polar surface area (TPSA) is 39.9 Å². The third-order valence-electron chi connectivity index (χ3n) is 4.85. The molecular weight excluding hydrogens is 415 g/mol. The number of alkyl halides is 3. The average Bonchev–Trinajstić information content (AvgIpc) is 3.04. The molecule has 4 rings (SSSR count). The van der Waals surface area contributed by atoms with Gasteiger partial charge in [0.2, 0.25) is 0 Å². The number of fused-ring (bicyclic) bond motifs is 1. The van der Waals surface area contributed by atoms with Crippen LogP contribution in [-0.2, 0) is 12.7 Å². The van der Waals surface area contributed by atoms with E-state index in [1.807, 2.05) is 12.1 Å². The van der Waals surface area contributed by atoms with Gasteiger partial charge in [-0.25, -0.2) is 9.67 Å². The van der Waals surface area contributed by atoms with Crippen LogP contribution in [0.15, 0.2) is 54.6 Å². The molecule has 4 aromatic rings. The maximum Gasteiger partial charge on any atom is 0.417 e. The van der Waals surface area contributed by atoms with Crippen LogP contribution in [0, 0.1) is 6.92 Å². The summed E-state index contributed by atoms with van der Waals surface area (Å²) in [4.78, 5) is 4.54. The molecule has 8 heteroatoms. The van der Waals surface area contributed by atoms with Crippen molar-refractivity contribution >= 4 is 22.6 Å². The Labute approximate surface area is 175 Å². The standard InChI is InChI=1S/C22H17ClF3N3O/c1-13-20-17(22(24,25)26)11-19(14-7-9-16(30-2)10-8-14)27-21(20)29(28-13)12-15-5-3-4-6-18(15)23/h3-11H,12H2,1-2H3. The lowest BCUT2D eigenvalue weighted by atomic mass is 10.0. The minimum absolute atomic E-state index is 0.00758. The van der Waals surface area contributed by atoms with Crippen LogP contribution in [0.5, 0.6) is 5.75 Å². The first-order valence-electron chi connectivity index (χ1n) is 9.11. The lowest BCUT2D eigenvalue weighted by Crippen LogP contribution is -2.08. The van der Waals surface area contributed by atoms with E-state index >= 15 is 0 Å². The smallest absolute Gasteiger partial charge is 0.417 e. The molecule has 0 atom stereocenters. The molecule has 0 N–H and O–H groups in total. The van der Waals surface area contributed by atoms with E-state index in [-0.39, 0.29) is 29.0 Å². The second kappa shape index (κ2) is 7.65. The van der Waals surface area contributed by atoms with Crippen LogP contribution in [0.3, 0.4) is 0 Å². The number of pyridine rings is 1. The van der Waals surface area contributed by atoms with Crippen molar-refractivity contribution in [2.45, 2.75) is 19.6 Å². The van der Waals surface area contributed by atoms with Gasteiger partial charge < -0.3 is 4.74 Å². The summed E-state index contributed by atoms with van der Waals surface area (Å²) in [5.41, 5.74) is 1.16. The maximum absolute atomic E-state index is 13.9. The van der Waals surface area contributed by atoms with Gasteiger partial charge in [-0.2, -0.15) is 18.3 Å². The molecule has 30 heavy (non-hydrogen) atoms. The van der Waals surface area contributed by atoms with Crippen LogP contribution in [0.25, 0.3) is 22.3 Å². The average molecular weight is 432 g/mol. The zero-order valence-corrected chi connectivity index (χ0v) is 16.9. The van der Waals surface area contributed by atoms with Crippen LogP contribution in [0.2, 0.25) is 5.02 Å². The zero-order valence-electron chi connectivity index (χ0n) is 16.2. The normalized spacial score (nSPS) is 11.8. The lowest BCUT2D eigenvalue weighted by molar-refractivity contribution is -0.136. The molecule has 154 valence electrons. The number of rotatable bonds is 4. The highest BCUT2D eigenvalue weighted by molar-refractivity contribution is 6.31. The van der Waals surface area contributed by atoms with E-state index in [0.717, 1.165) is 11.6 Å². The number of methoxy groups -OCH3 is 1. The molecule has 0 saturated heterocycles. The molecule has 0 unspecified atom stereocenters. The third-order valence-corrected chi connectivity index (χ3v) is 5.22. The molecule has 4 nitrogen and oxygen atoms in total. The number of hydrogen-bond acceptors (Lipinski definition) is 3. The largest absolute Gasteiger partial charge is 0.497 e. The van der Waals surface area contributed by atoms with Crippen LogP contribution < -0.4 is 4.74 Å². The molecule has 0 bridgehead atoms. The molecule has 2 aromatic heterocycles. The molecule has 0 saturated carbocycles. The van der Waals surface area contributed by atoms with Crippen molar-refractivity contribution in [1.29, 1.82) is 0 Å². The van der Waals surface area contributed by atoms with Gasteiger partial charge in [0, 0.05) is 10.6 Å². The van der Waals surface area contributed by atoms with Crippen molar-refractivity contribution in [2.24, 2.45) is 0 Å². The lowest BCUT2D eigenvalue weighted by Gasteiger charge is -2.12. The Bertz CT molecular complexity index is 1220. The summed E-state index contributed by atoms with van der Waals surface area (Å²) >= 11 is 6.24. The molecule has 0 fully saturated rings. The molecule has 0 spiro atoms. The minimum Gasteiger partial charge on any atom is -0.497 e. The predicted octanol–water partition coefficient (Wildman–Crippen LogP) is 6.14. The van der Waals surface area contributed by atoms with E-state index in [0.29, 0.717) is 16.3 Å². The highest BCUT2D eigenvalue weighted by atomic mass is 35.5. The van der Waals surface area contributed by atoms with E-state index in [1.165, 1.54) is 11.8 Å². The van der Waals surface area contributed by atoms with Gasteiger partial charge in [-0.3, -0.25) is 0 Å². The summed E-state index contributed by atoms with van der Waals surface area (Å²) in [6.45, 7) is 1.76. The molecule has 2 heterocycles. The summed E-state index contributed by atoms with van der Waals surface area (Å²) in [5, 5.41) is 4.85. The fraction of sp³-hybridized carbons (Fsp3) is 0.182. The Kier molecular flexibility index (Phi) is 5.15. The number of nitrogens with zero attached hydrogens (tertiary/aromatic N) is 3. The Morgan fingerprint density at radius 1 is 1.07 bits per heavy atom. The fourth-order valence-corrected chi connectivity index (χ4v) is 3.58. The molecule has 0 amide bonds. The summed E-state index contributed by atoms with van der Waals surface area (Å²) < 4.78 is 48.3. The summed E-state index contributed by atoms with van der Waals surface area (Å²) in [6, 6.07) is 14.9. The monoisotopic (exact) mass is 431 g/mol. The second-order valence-corrected chi connectivity index (χ2v) is 7.22. The molecule has 0 aliphatic carbocycles. The van der Waals surface area contributed by atoms with Gasteiger partial charge in [-0.1, -0.05) is 29.8 Å². The molecule has 0 aliphatic rings. The SMILES string of the molecule is COc1ccc(-c2cc(C(F)(F)F)c3c(C)nn(Cc4ccccc4Cl)c3n2)cc1. The summed E-state index contributed by atoms with van der Waals surface area (Å²) in [5.74, 6) is 0.607. The van der Waals surface area contributed by atoms with Crippen LogP contribution in [-0.4, -0.2) is 21.9 Å². The van der Waals surface area contributed by atoms with Crippen molar-refractivity contribution in [3.05, 3.63) is 76.4 Å². The Morgan fingerprint density at radius 2 is 1.77 bits per heavy atom. The number of hydrogen-bond donors (Lipinski definition) is 0. The van der Waals surface area contributed by atoms with Gasteiger partial charge in [0.25, 0.3) is 0 Å². The van der Waals surface area contributed by atoms with E-state index in [1.54, 1.807) is 43.3 Å². The van der Waals surface area contributed by atoms with Crippen LogP contribution in [0.1, 0.15) is 16.8 Å². The van der Waals surface area contributed by atoms with Crippen molar-refractivity contribution in [3.8, 4) is 17.0 Å². The predicted molar refractivity (Wildman–Crippen MR) is 110 cm³/mol. The number of halogens is 4. The van der Waals surface area contributed by atoms with Crippen molar-refractivity contribution in [1.82, 2.24) is 14.8 Å². The van der Waals surface area contributed by atoms with Crippen molar-refractivity contribution < 1.29 is 17.9 Å². The van der Waals surface area contributed by atoms with Crippen LogP contribution in [0.4, 0.5) is 13.2 Å². The highest BCUT2D eigenvalue weighted by Gasteiger charge is 2.35. The molecule has 2 aromatic carbocycles. The van der Waals surface area contributed by atoms with Gasteiger partial charge in [0.05, 0.1) is 36.0 Å². The molecule has 0 aliphatic heterocycles. The number of ether oxygens (including phenoxy) is 1. The first-order valence-corrected chi connectivity index (χ1v) is 9.49. The maximum atomic E-state index is 13.9. The first-order chi connectivity index (χ1) is 14.3. The summed E-state index contributed by atoms with van der Waals surface area (Å²) in [6.07, 6.45) is -4.55. The van der Waals surface area contributed by atoms with E-state index in [4.69, 9.17) is 16.3 Å². The second-order valence-electron chi connectivity index (χ2n) is 6.81. The van der Waals surface area contributed by atoms with Gasteiger partial charge in [-0.05, 0) is 48.9 Å². The number of benzene rings is 2. The first kappa shape index (κ1) is 20.2. The van der Waals surface area contributed by atoms with E-state index in [2.05, 4.69) is 10.1 Å². The van der Waals surface area contributed by atoms with Gasteiger partial charge in [-0.15, -0.1) is 0 Å². The van der Waals surface area contributed by atoms with Gasteiger partial charge >= 0.3 is 6.18 Å².